The number of aryl methyl sites for hydroxylation is 1. The van der Waals surface area contributed by atoms with Gasteiger partial charge in [-0.3, -0.25) is 0 Å². The van der Waals surface area contributed by atoms with E-state index in [1.807, 2.05) is 32.0 Å². The van der Waals surface area contributed by atoms with Crippen molar-refractivity contribution in [3.8, 4) is 0 Å². The fourth-order valence-electron chi connectivity index (χ4n) is 1.86. The van der Waals surface area contributed by atoms with E-state index in [1.54, 1.807) is 0 Å². The second-order valence-electron chi connectivity index (χ2n) is 4.50. The first kappa shape index (κ1) is 14.2. The fraction of sp³-hybridized carbons (Fsp3) is 0.200. The van der Waals surface area contributed by atoms with Gasteiger partial charge in [0, 0.05) is 20.9 Å². The van der Waals surface area contributed by atoms with Crippen LogP contribution in [0.1, 0.15) is 24.1 Å². The Morgan fingerprint density at radius 3 is 2.47 bits per heavy atom. The van der Waals surface area contributed by atoms with Gasteiger partial charge in [-0.05, 0) is 60.2 Å². The molecule has 0 bridgehead atoms. The summed E-state index contributed by atoms with van der Waals surface area (Å²) in [5, 5.41) is 3.22. The summed E-state index contributed by atoms with van der Waals surface area (Å²) in [7, 11) is 0. The monoisotopic (exact) mass is 373 g/mol. The topological polar surface area (TPSA) is 12.0 Å². The van der Waals surface area contributed by atoms with E-state index in [9.17, 15) is 8.78 Å². The Morgan fingerprint density at radius 1 is 1.11 bits per heavy atom. The number of rotatable bonds is 3. The first-order valence-electron chi connectivity index (χ1n) is 5.95. The van der Waals surface area contributed by atoms with Crippen LogP contribution in [0.25, 0.3) is 0 Å². The number of benzene rings is 2. The van der Waals surface area contributed by atoms with Crippen LogP contribution in [-0.4, -0.2) is 0 Å². The Kier molecular flexibility index (Phi) is 4.39. The van der Waals surface area contributed by atoms with Crippen molar-refractivity contribution >= 4 is 28.3 Å². The highest BCUT2D eigenvalue weighted by Crippen LogP contribution is 2.24. The third kappa shape index (κ3) is 3.43. The lowest BCUT2D eigenvalue weighted by molar-refractivity contribution is 0.566. The van der Waals surface area contributed by atoms with Gasteiger partial charge >= 0.3 is 0 Å². The van der Waals surface area contributed by atoms with Gasteiger partial charge in [-0.1, -0.05) is 12.1 Å². The zero-order valence-corrected chi connectivity index (χ0v) is 12.8. The number of hydrogen-bond donors (Lipinski definition) is 1. The van der Waals surface area contributed by atoms with Crippen molar-refractivity contribution < 1.29 is 8.78 Å². The molecule has 4 heteroatoms. The van der Waals surface area contributed by atoms with Crippen molar-refractivity contribution in [1.29, 1.82) is 0 Å². The molecule has 0 aliphatic heterocycles. The molecule has 1 nitrogen and oxygen atoms in total. The molecule has 0 amide bonds. The maximum Gasteiger partial charge on any atom is 0.131 e. The van der Waals surface area contributed by atoms with Crippen LogP contribution < -0.4 is 5.32 Å². The normalized spacial score (nSPS) is 12.3. The van der Waals surface area contributed by atoms with Crippen molar-refractivity contribution in [3.05, 3.63) is 62.7 Å². The SMILES string of the molecule is Cc1ccc(NC(C)c2ccc(F)cc2F)cc1I. The van der Waals surface area contributed by atoms with Crippen molar-refractivity contribution in [2.75, 3.05) is 5.32 Å². The molecule has 2 aromatic rings. The highest BCUT2D eigenvalue weighted by atomic mass is 127. The van der Waals surface area contributed by atoms with Gasteiger partial charge in [0.05, 0.1) is 6.04 Å². The van der Waals surface area contributed by atoms with E-state index in [-0.39, 0.29) is 6.04 Å². The molecule has 1 atom stereocenters. The molecule has 1 unspecified atom stereocenters. The highest BCUT2D eigenvalue weighted by molar-refractivity contribution is 14.1. The summed E-state index contributed by atoms with van der Waals surface area (Å²) < 4.78 is 27.7. The largest absolute Gasteiger partial charge is 0.378 e. The summed E-state index contributed by atoms with van der Waals surface area (Å²) in [4.78, 5) is 0. The summed E-state index contributed by atoms with van der Waals surface area (Å²) in [6, 6.07) is 9.41. The van der Waals surface area contributed by atoms with E-state index < -0.39 is 11.6 Å². The maximum atomic E-state index is 13.7. The Balaban J connectivity index is 2.20. The van der Waals surface area contributed by atoms with Crippen LogP contribution in [0.2, 0.25) is 0 Å². The quantitative estimate of drug-likeness (QED) is 0.743. The van der Waals surface area contributed by atoms with Gasteiger partial charge in [0.1, 0.15) is 11.6 Å². The van der Waals surface area contributed by atoms with Crippen molar-refractivity contribution in [3.63, 3.8) is 0 Å². The molecule has 19 heavy (non-hydrogen) atoms. The molecule has 0 aliphatic rings. The van der Waals surface area contributed by atoms with Crippen LogP contribution in [0.5, 0.6) is 0 Å². The van der Waals surface area contributed by atoms with Gasteiger partial charge in [0.2, 0.25) is 0 Å². The predicted octanol–water partition coefficient (Wildman–Crippen LogP) is 5.05. The van der Waals surface area contributed by atoms with E-state index in [0.717, 1.165) is 15.3 Å². The molecule has 0 saturated carbocycles. The number of halogens is 3. The summed E-state index contributed by atoms with van der Waals surface area (Å²) in [5.41, 5.74) is 2.58. The molecule has 2 rings (SSSR count). The molecule has 0 fully saturated rings. The lowest BCUT2D eigenvalue weighted by atomic mass is 10.1. The minimum Gasteiger partial charge on any atom is -0.378 e. The third-order valence-corrected chi connectivity index (χ3v) is 4.15. The van der Waals surface area contributed by atoms with Gasteiger partial charge in [-0.25, -0.2) is 8.78 Å². The van der Waals surface area contributed by atoms with Crippen LogP contribution in [0.15, 0.2) is 36.4 Å². The average Bonchev–Trinajstić information content (AvgIpc) is 2.33. The number of nitrogens with one attached hydrogen (secondary N) is 1. The van der Waals surface area contributed by atoms with Crippen molar-refractivity contribution in [2.45, 2.75) is 19.9 Å². The molecule has 0 radical (unpaired) electrons. The lowest BCUT2D eigenvalue weighted by Gasteiger charge is -2.17. The van der Waals surface area contributed by atoms with Crippen LogP contribution in [0.3, 0.4) is 0 Å². The summed E-state index contributed by atoms with van der Waals surface area (Å²) in [5.74, 6) is -1.08. The van der Waals surface area contributed by atoms with Crippen LogP contribution in [-0.2, 0) is 0 Å². The molecule has 0 aromatic heterocycles. The van der Waals surface area contributed by atoms with E-state index in [2.05, 4.69) is 27.9 Å². The molecule has 0 saturated heterocycles. The summed E-state index contributed by atoms with van der Waals surface area (Å²) in [6.45, 7) is 3.89. The second kappa shape index (κ2) is 5.86. The smallest absolute Gasteiger partial charge is 0.131 e. The second-order valence-corrected chi connectivity index (χ2v) is 5.66. The molecular weight excluding hydrogens is 359 g/mol. The van der Waals surface area contributed by atoms with E-state index in [0.29, 0.717) is 5.56 Å². The standard InChI is InChI=1S/C15H14F2IN/c1-9-3-5-12(8-15(9)18)19-10(2)13-6-4-11(16)7-14(13)17/h3-8,10,19H,1-2H3. The summed E-state index contributed by atoms with van der Waals surface area (Å²) >= 11 is 2.26. The van der Waals surface area contributed by atoms with Crippen molar-refractivity contribution in [1.82, 2.24) is 0 Å². The van der Waals surface area contributed by atoms with Crippen LogP contribution in [0.4, 0.5) is 14.5 Å². The first-order valence-corrected chi connectivity index (χ1v) is 7.03. The predicted molar refractivity (Wildman–Crippen MR) is 82.3 cm³/mol. The Bertz CT molecular complexity index is 599. The van der Waals surface area contributed by atoms with Crippen molar-refractivity contribution in [2.24, 2.45) is 0 Å². The summed E-state index contributed by atoms with van der Waals surface area (Å²) in [6.07, 6.45) is 0. The molecule has 100 valence electrons. The Morgan fingerprint density at radius 2 is 1.84 bits per heavy atom. The number of anilines is 1. The first-order chi connectivity index (χ1) is 8.97. The zero-order chi connectivity index (χ0) is 14.0. The van der Waals surface area contributed by atoms with Gasteiger partial charge < -0.3 is 5.32 Å². The van der Waals surface area contributed by atoms with E-state index >= 15 is 0 Å². The van der Waals surface area contributed by atoms with E-state index in [4.69, 9.17) is 0 Å². The van der Waals surface area contributed by atoms with Gasteiger partial charge in [0.25, 0.3) is 0 Å². The Hall–Kier alpha value is -1.17. The lowest BCUT2D eigenvalue weighted by Crippen LogP contribution is -2.09. The zero-order valence-electron chi connectivity index (χ0n) is 10.7. The fourth-order valence-corrected chi connectivity index (χ4v) is 2.38. The highest BCUT2D eigenvalue weighted by Gasteiger charge is 2.11. The van der Waals surface area contributed by atoms with Crippen LogP contribution >= 0.6 is 22.6 Å². The third-order valence-electron chi connectivity index (χ3n) is 2.98. The minimum absolute atomic E-state index is 0.223. The van der Waals surface area contributed by atoms with Gasteiger partial charge in [-0.15, -0.1) is 0 Å². The minimum atomic E-state index is -0.557. The molecule has 0 aliphatic carbocycles. The molecular formula is C15H14F2IN. The molecule has 2 aromatic carbocycles. The van der Waals surface area contributed by atoms with Gasteiger partial charge in [0.15, 0.2) is 0 Å². The molecule has 0 spiro atoms. The maximum absolute atomic E-state index is 13.7. The van der Waals surface area contributed by atoms with Crippen LogP contribution in [0, 0.1) is 22.1 Å². The average molecular weight is 373 g/mol. The Labute approximate surface area is 125 Å². The molecule has 1 N–H and O–H groups in total. The number of hydrogen-bond acceptors (Lipinski definition) is 1. The van der Waals surface area contributed by atoms with E-state index in [1.165, 1.54) is 17.7 Å². The molecule has 0 heterocycles. The van der Waals surface area contributed by atoms with Gasteiger partial charge in [-0.2, -0.15) is 0 Å².